The highest BCUT2D eigenvalue weighted by Crippen LogP contribution is 2.67. The largest absolute Gasteiger partial charge is 0.481 e. The molecule has 0 aromatic heterocycles. The molecule has 0 saturated heterocycles. The van der Waals surface area contributed by atoms with Crippen LogP contribution in [0.2, 0.25) is 0 Å². The van der Waals surface area contributed by atoms with Gasteiger partial charge in [-0.2, -0.15) is 0 Å². The van der Waals surface area contributed by atoms with Gasteiger partial charge in [-0.15, -0.1) is 0 Å². The summed E-state index contributed by atoms with van der Waals surface area (Å²) in [5.74, 6) is -0.225. The number of Topliss-reactive ketones (excluding diaryl/α,β-unsaturated/α-hetero) is 1. The molecular weight excluding hydrogens is 520 g/mol. The number of ketones is 1. The molecule has 7 atom stereocenters. The van der Waals surface area contributed by atoms with Gasteiger partial charge in [-0.05, 0) is 86.7 Å². The van der Waals surface area contributed by atoms with Crippen LogP contribution in [0.4, 0.5) is 0 Å². The molecule has 3 saturated carbocycles. The number of carboxylic acids is 1. The fraction of sp³-hybridized carbons (Fsp3) is 0.606. The number of fused-ring (bicyclic) bond motifs is 5. The Kier molecular flexibility index (Phi) is 8.18. The van der Waals surface area contributed by atoms with Crippen LogP contribution in [0.5, 0.6) is 0 Å². The first-order chi connectivity index (χ1) is 19.5. The van der Waals surface area contributed by atoms with Crippen LogP contribution in [0.15, 0.2) is 53.8 Å². The molecule has 0 unspecified atom stereocenters. The van der Waals surface area contributed by atoms with Crippen molar-refractivity contribution in [1.29, 1.82) is 0 Å². The molecule has 3 fully saturated rings. The molecule has 1 aromatic rings. The minimum absolute atomic E-state index is 0.0420. The van der Waals surface area contributed by atoms with Gasteiger partial charge in [0.2, 0.25) is 5.91 Å². The summed E-state index contributed by atoms with van der Waals surface area (Å²) >= 11 is 0. The lowest BCUT2D eigenvalue weighted by Crippen LogP contribution is -2.56. The molecule has 1 aromatic carbocycles. The second kappa shape index (κ2) is 11.4. The first kappa shape index (κ1) is 29.5. The van der Waals surface area contributed by atoms with Gasteiger partial charge in [-0.3, -0.25) is 24.7 Å². The number of carboxylic acid groups (broad SMARTS) is 1. The van der Waals surface area contributed by atoms with Crippen LogP contribution in [-0.4, -0.2) is 46.6 Å². The number of carbonyl (C=O) groups excluding carboxylic acids is 2. The number of aliphatic hydroxyl groups is 1. The Balaban J connectivity index is 1.14. The zero-order valence-electron chi connectivity index (χ0n) is 24.4. The van der Waals surface area contributed by atoms with Crippen molar-refractivity contribution in [3.63, 3.8) is 0 Å². The average Bonchev–Trinajstić information content (AvgIpc) is 3.23. The molecule has 0 spiro atoms. The molecule has 0 radical (unpaired) electrons. The number of rotatable bonds is 10. The highest BCUT2D eigenvalue weighted by molar-refractivity contribution is 5.86. The van der Waals surface area contributed by atoms with Gasteiger partial charge in [-0.25, -0.2) is 0 Å². The van der Waals surface area contributed by atoms with Gasteiger partial charge >= 0.3 is 5.97 Å². The standard InChI is InChI=1S/C33H44N2O6/c1-21(36)33(40)16-13-28-26-10-9-24-18-25(11-14-31(24,2)27(26)12-15-32(28,33)3)35-41-20-29(37)34-19-23(17-30(38)39)22-7-5-4-6-8-22/h4-8,11,18,23,26-28,35,40H,9-10,12-17,19-20H2,1-3H3,(H,34,37)(H,38,39)/t23-,26-,27+,28+,31+,32+,33-/m1/s1. The average molecular weight is 565 g/mol. The van der Waals surface area contributed by atoms with E-state index < -0.39 is 11.6 Å². The molecule has 1 amide bonds. The number of amides is 1. The molecule has 8 nitrogen and oxygen atoms in total. The van der Waals surface area contributed by atoms with E-state index in [0.29, 0.717) is 24.2 Å². The van der Waals surface area contributed by atoms with E-state index in [1.54, 1.807) is 6.92 Å². The van der Waals surface area contributed by atoms with Gasteiger partial charge in [0, 0.05) is 17.9 Å². The van der Waals surface area contributed by atoms with Crippen LogP contribution in [0.3, 0.4) is 0 Å². The van der Waals surface area contributed by atoms with Crippen molar-refractivity contribution >= 4 is 17.7 Å². The predicted octanol–water partition coefficient (Wildman–Crippen LogP) is 4.66. The third kappa shape index (κ3) is 5.37. The molecule has 4 N–H and O–H groups in total. The topological polar surface area (TPSA) is 125 Å². The van der Waals surface area contributed by atoms with Crippen LogP contribution in [-0.2, 0) is 19.2 Å². The lowest BCUT2D eigenvalue weighted by Gasteiger charge is -2.58. The van der Waals surface area contributed by atoms with Gasteiger partial charge in [-0.1, -0.05) is 55.8 Å². The number of hydrogen-bond acceptors (Lipinski definition) is 6. The van der Waals surface area contributed by atoms with Crippen LogP contribution >= 0.6 is 0 Å². The highest BCUT2D eigenvalue weighted by atomic mass is 16.6. The monoisotopic (exact) mass is 564 g/mol. The summed E-state index contributed by atoms with van der Waals surface area (Å²) in [5, 5.41) is 23.4. The van der Waals surface area contributed by atoms with Crippen molar-refractivity contribution in [2.24, 2.45) is 28.6 Å². The zero-order chi connectivity index (χ0) is 29.4. The Bertz CT molecular complexity index is 1240. The summed E-state index contributed by atoms with van der Waals surface area (Å²) in [4.78, 5) is 41.8. The fourth-order valence-electron chi connectivity index (χ4n) is 8.80. The third-order valence-corrected chi connectivity index (χ3v) is 11.2. The van der Waals surface area contributed by atoms with E-state index in [2.05, 4.69) is 36.8 Å². The van der Waals surface area contributed by atoms with E-state index in [4.69, 9.17) is 4.84 Å². The number of aliphatic carboxylic acids is 1. The minimum atomic E-state index is -1.19. The first-order valence-electron chi connectivity index (χ1n) is 15.0. The van der Waals surface area contributed by atoms with Gasteiger partial charge in [0.15, 0.2) is 12.4 Å². The third-order valence-electron chi connectivity index (χ3n) is 11.2. The Morgan fingerprint density at radius 3 is 2.51 bits per heavy atom. The Labute approximate surface area is 242 Å². The van der Waals surface area contributed by atoms with Gasteiger partial charge in [0.05, 0.1) is 12.1 Å². The van der Waals surface area contributed by atoms with E-state index in [9.17, 15) is 24.6 Å². The smallest absolute Gasteiger partial charge is 0.304 e. The van der Waals surface area contributed by atoms with Crippen LogP contribution < -0.4 is 10.8 Å². The second-order valence-electron chi connectivity index (χ2n) is 13.2. The van der Waals surface area contributed by atoms with Gasteiger partial charge in [0.25, 0.3) is 0 Å². The van der Waals surface area contributed by atoms with Crippen molar-refractivity contribution in [2.75, 3.05) is 13.2 Å². The first-order valence-corrected chi connectivity index (χ1v) is 15.0. The Morgan fingerprint density at radius 1 is 1.07 bits per heavy atom. The molecule has 4 aliphatic rings. The quantitative estimate of drug-likeness (QED) is 0.305. The molecule has 222 valence electrons. The van der Waals surface area contributed by atoms with E-state index in [-0.39, 0.29) is 48.0 Å². The lowest BCUT2D eigenvalue weighted by atomic mass is 9.46. The van der Waals surface area contributed by atoms with E-state index >= 15 is 0 Å². The highest BCUT2D eigenvalue weighted by Gasteiger charge is 2.65. The summed E-state index contributed by atoms with van der Waals surface area (Å²) in [6, 6.07) is 9.33. The van der Waals surface area contributed by atoms with E-state index in [1.165, 1.54) is 5.57 Å². The Morgan fingerprint density at radius 2 is 1.80 bits per heavy atom. The van der Waals surface area contributed by atoms with Crippen LogP contribution in [0.1, 0.15) is 83.6 Å². The maximum Gasteiger partial charge on any atom is 0.304 e. The lowest BCUT2D eigenvalue weighted by molar-refractivity contribution is -0.159. The van der Waals surface area contributed by atoms with Crippen molar-refractivity contribution in [1.82, 2.24) is 10.8 Å². The van der Waals surface area contributed by atoms with Crippen LogP contribution in [0.25, 0.3) is 0 Å². The van der Waals surface area contributed by atoms with Crippen LogP contribution in [0, 0.1) is 28.6 Å². The molecule has 41 heavy (non-hydrogen) atoms. The van der Waals surface area contributed by atoms with Crippen molar-refractivity contribution in [2.45, 2.75) is 83.7 Å². The number of allylic oxidation sites excluding steroid dienone is 3. The van der Waals surface area contributed by atoms with Crippen molar-refractivity contribution in [3.8, 4) is 0 Å². The molecule has 4 aliphatic carbocycles. The van der Waals surface area contributed by atoms with Gasteiger partial charge < -0.3 is 15.5 Å². The van der Waals surface area contributed by atoms with Gasteiger partial charge in [0.1, 0.15) is 5.60 Å². The van der Waals surface area contributed by atoms with E-state index in [1.807, 2.05) is 30.3 Å². The SMILES string of the molecule is CC(=O)[C@]1(O)CC[C@H]2[C@@H]3CCC4=CC(NOCC(=O)NC[C@@H](CC(=O)O)c5ccccc5)=CC[C@]4(C)[C@H]3CC[C@@]21C. The molecular formula is C33H44N2O6. The molecule has 0 aliphatic heterocycles. The maximum atomic E-state index is 12.5. The number of nitrogens with one attached hydrogen (secondary N) is 2. The summed E-state index contributed by atoms with van der Waals surface area (Å²) in [6.45, 7) is 6.11. The second-order valence-corrected chi connectivity index (χ2v) is 13.2. The fourth-order valence-corrected chi connectivity index (χ4v) is 8.80. The normalized spacial score (nSPS) is 34.7. The molecule has 0 heterocycles. The molecule has 0 bridgehead atoms. The van der Waals surface area contributed by atoms with Crippen molar-refractivity contribution in [3.05, 3.63) is 59.3 Å². The minimum Gasteiger partial charge on any atom is -0.481 e. The summed E-state index contributed by atoms with van der Waals surface area (Å²) in [5.41, 5.74) is 4.59. The summed E-state index contributed by atoms with van der Waals surface area (Å²) in [6.07, 6.45) is 10.6. The Hall–Kier alpha value is -2.97. The summed E-state index contributed by atoms with van der Waals surface area (Å²) < 4.78 is 0. The molecule has 5 rings (SSSR count). The maximum absolute atomic E-state index is 12.5. The van der Waals surface area contributed by atoms with Crippen molar-refractivity contribution < 1.29 is 29.4 Å². The van der Waals surface area contributed by atoms with E-state index in [0.717, 1.165) is 49.8 Å². The number of carbonyl (C=O) groups is 3. The molecule has 8 heteroatoms. The summed E-state index contributed by atoms with van der Waals surface area (Å²) in [7, 11) is 0. The number of benzene rings is 1. The number of hydrogen-bond donors (Lipinski definition) is 4. The number of hydroxylamine groups is 1. The predicted molar refractivity (Wildman–Crippen MR) is 154 cm³/mol. The zero-order valence-corrected chi connectivity index (χ0v) is 24.4.